The number of piperazine rings is 1. The summed E-state index contributed by atoms with van der Waals surface area (Å²) in [5.41, 5.74) is 1.62. The molecule has 1 atom stereocenters. The van der Waals surface area contributed by atoms with Gasteiger partial charge in [-0.15, -0.1) is 0 Å². The van der Waals surface area contributed by atoms with Crippen LogP contribution >= 0.6 is 0 Å². The van der Waals surface area contributed by atoms with Crippen LogP contribution in [0.1, 0.15) is 30.6 Å². The number of hydrogen-bond donors (Lipinski definition) is 0. The summed E-state index contributed by atoms with van der Waals surface area (Å²) in [5, 5.41) is 0. The Bertz CT molecular complexity index is 513. The van der Waals surface area contributed by atoms with Crippen molar-refractivity contribution in [1.82, 2.24) is 4.90 Å². The molecule has 1 aromatic carbocycles. The maximum atomic E-state index is 11.8. The van der Waals surface area contributed by atoms with Crippen LogP contribution in [0.3, 0.4) is 0 Å². The van der Waals surface area contributed by atoms with Crippen LogP contribution in [-0.4, -0.2) is 49.6 Å². The fourth-order valence-corrected chi connectivity index (χ4v) is 2.69. The van der Waals surface area contributed by atoms with E-state index >= 15 is 0 Å². The van der Waals surface area contributed by atoms with Gasteiger partial charge in [0.05, 0.1) is 12.7 Å². The monoisotopic (exact) mass is 290 g/mol. The highest BCUT2D eigenvalue weighted by atomic mass is 16.5. The van der Waals surface area contributed by atoms with E-state index in [9.17, 15) is 9.59 Å². The molecule has 1 aliphatic heterocycles. The summed E-state index contributed by atoms with van der Waals surface area (Å²) in [5.74, 6) is -0.114. The summed E-state index contributed by atoms with van der Waals surface area (Å²) in [6, 6.07) is 7.60. The van der Waals surface area contributed by atoms with Crippen molar-refractivity contribution in [1.29, 1.82) is 0 Å². The van der Waals surface area contributed by atoms with E-state index in [0.29, 0.717) is 12.0 Å². The molecule has 0 bridgehead atoms. The molecule has 1 amide bonds. The van der Waals surface area contributed by atoms with Gasteiger partial charge in [0.2, 0.25) is 5.91 Å². The van der Waals surface area contributed by atoms with E-state index in [4.69, 9.17) is 4.74 Å². The predicted octanol–water partition coefficient (Wildman–Crippen LogP) is 1.92. The molecule has 1 saturated heterocycles. The largest absolute Gasteiger partial charge is 0.465 e. The molecule has 0 unspecified atom stereocenters. The Morgan fingerprint density at radius 2 is 1.90 bits per heavy atom. The van der Waals surface area contributed by atoms with Gasteiger partial charge in [-0.25, -0.2) is 4.79 Å². The molecule has 2 rings (SSSR count). The molecule has 0 aliphatic carbocycles. The Balaban J connectivity index is 2.04. The molecule has 114 valence electrons. The highest BCUT2D eigenvalue weighted by Crippen LogP contribution is 2.20. The first-order valence-electron chi connectivity index (χ1n) is 7.29. The zero-order valence-corrected chi connectivity index (χ0v) is 12.8. The SMILES string of the molecule is CCC(=O)N1CCN(c2ccc(C(=O)OC)cc2)C[C@@H]1C. The number of carbonyl (C=O) groups excluding carboxylic acids is 2. The summed E-state index contributed by atoms with van der Waals surface area (Å²) < 4.78 is 4.69. The second-order valence-corrected chi connectivity index (χ2v) is 5.27. The minimum atomic E-state index is -0.326. The number of methoxy groups -OCH3 is 1. The topological polar surface area (TPSA) is 49.9 Å². The molecule has 0 N–H and O–H groups in total. The van der Waals surface area contributed by atoms with Gasteiger partial charge in [0.25, 0.3) is 0 Å². The van der Waals surface area contributed by atoms with Crippen molar-refractivity contribution in [3.63, 3.8) is 0 Å². The number of carbonyl (C=O) groups is 2. The molecular formula is C16H22N2O3. The molecular weight excluding hydrogens is 268 g/mol. The van der Waals surface area contributed by atoms with Crippen LogP contribution in [0, 0.1) is 0 Å². The highest BCUT2D eigenvalue weighted by Gasteiger charge is 2.26. The number of nitrogens with zero attached hydrogens (tertiary/aromatic N) is 2. The van der Waals surface area contributed by atoms with Crippen molar-refractivity contribution in [2.24, 2.45) is 0 Å². The van der Waals surface area contributed by atoms with Gasteiger partial charge >= 0.3 is 5.97 Å². The van der Waals surface area contributed by atoms with Crippen molar-refractivity contribution >= 4 is 17.6 Å². The smallest absolute Gasteiger partial charge is 0.337 e. The van der Waals surface area contributed by atoms with Gasteiger partial charge in [0.15, 0.2) is 0 Å². The highest BCUT2D eigenvalue weighted by molar-refractivity contribution is 5.89. The fraction of sp³-hybridized carbons (Fsp3) is 0.500. The number of rotatable bonds is 3. The van der Waals surface area contributed by atoms with E-state index in [0.717, 1.165) is 25.3 Å². The first kappa shape index (κ1) is 15.4. The zero-order valence-electron chi connectivity index (χ0n) is 12.8. The van der Waals surface area contributed by atoms with Crippen molar-refractivity contribution in [3.05, 3.63) is 29.8 Å². The maximum absolute atomic E-state index is 11.8. The Kier molecular flexibility index (Phi) is 4.83. The van der Waals surface area contributed by atoms with Gasteiger partial charge in [-0.3, -0.25) is 4.79 Å². The molecule has 1 aromatic rings. The van der Waals surface area contributed by atoms with Gasteiger partial charge in [-0.2, -0.15) is 0 Å². The Labute approximate surface area is 125 Å². The lowest BCUT2D eigenvalue weighted by molar-refractivity contribution is -0.133. The lowest BCUT2D eigenvalue weighted by Gasteiger charge is -2.41. The first-order valence-corrected chi connectivity index (χ1v) is 7.29. The van der Waals surface area contributed by atoms with Crippen LogP contribution in [0.2, 0.25) is 0 Å². The Hall–Kier alpha value is -2.04. The molecule has 5 nitrogen and oxygen atoms in total. The minimum Gasteiger partial charge on any atom is -0.465 e. The van der Waals surface area contributed by atoms with E-state index in [1.165, 1.54) is 7.11 Å². The van der Waals surface area contributed by atoms with Gasteiger partial charge in [-0.1, -0.05) is 6.92 Å². The fourth-order valence-electron chi connectivity index (χ4n) is 2.69. The number of anilines is 1. The third-order valence-electron chi connectivity index (χ3n) is 3.90. The summed E-state index contributed by atoms with van der Waals surface area (Å²) in [7, 11) is 1.38. The van der Waals surface area contributed by atoms with Crippen LogP contribution in [0.25, 0.3) is 0 Å². The number of amides is 1. The van der Waals surface area contributed by atoms with E-state index in [-0.39, 0.29) is 17.9 Å². The molecule has 0 spiro atoms. The lowest BCUT2D eigenvalue weighted by Crippen LogP contribution is -2.54. The van der Waals surface area contributed by atoms with Crippen molar-refractivity contribution in [3.8, 4) is 0 Å². The first-order chi connectivity index (χ1) is 10.1. The second kappa shape index (κ2) is 6.61. The molecule has 5 heteroatoms. The summed E-state index contributed by atoms with van der Waals surface area (Å²) >= 11 is 0. The van der Waals surface area contributed by atoms with Gasteiger partial charge in [-0.05, 0) is 31.2 Å². The predicted molar refractivity (Wildman–Crippen MR) is 81.5 cm³/mol. The third-order valence-corrected chi connectivity index (χ3v) is 3.90. The van der Waals surface area contributed by atoms with Crippen molar-refractivity contribution in [2.45, 2.75) is 26.3 Å². The number of ether oxygens (including phenoxy) is 1. The minimum absolute atomic E-state index is 0.200. The van der Waals surface area contributed by atoms with Gasteiger partial charge in [0, 0.05) is 37.8 Å². The average Bonchev–Trinajstić information content (AvgIpc) is 2.53. The summed E-state index contributed by atoms with van der Waals surface area (Å²) in [6.07, 6.45) is 0.554. The Morgan fingerprint density at radius 3 is 2.43 bits per heavy atom. The third kappa shape index (κ3) is 3.35. The normalized spacial score (nSPS) is 18.5. The maximum Gasteiger partial charge on any atom is 0.337 e. The zero-order chi connectivity index (χ0) is 15.4. The molecule has 0 saturated carbocycles. The summed E-state index contributed by atoms with van der Waals surface area (Å²) in [4.78, 5) is 27.4. The van der Waals surface area contributed by atoms with Crippen molar-refractivity contribution < 1.29 is 14.3 Å². The van der Waals surface area contributed by atoms with E-state index in [1.54, 1.807) is 12.1 Å². The quantitative estimate of drug-likeness (QED) is 0.798. The van der Waals surface area contributed by atoms with E-state index < -0.39 is 0 Å². The van der Waals surface area contributed by atoms with E-state index in [2.05, 4.69) is 11.8 Å². The van der Waals surface area contributed by atoms with Crippen LogP contribution in [0.15, 0.2) is 24.3 Å². The van der Waals surface area contributed by atoms with Gasteiger partial charge < -0.3 is 14.5 Å². The lowest BCUT2D eigenvalue weighted by atomic mass is 10.1. The molecule has 0 radical (unpaired) electrons. The summed E-state index contributed by atoms with van der Waals surface area (Å²) in [6.45, 7) is 6.33. The Morgan fingerprint density at radius 1 is 1.24 bits per heavy atom. The second-order valence-electron chi connectivity index (χ2n) is 5.27. The number of esters is 1. The van der Waals surface area contributed by atoms with Gasteiger partial charge in [0.1, 0.15) is 0 Å². The van der Waals surface area contributed by atoms with Crippen LogP contribution in [-0.2, 0) is 9.53 Å². The molecule has 21 heavy (non-hydrogen) atoms. The standard InChI is InChI=1S/C16H22N2O3/c1-4-15(19)18-10-9-17(11-12(18)2)14-7-5-13(6-8-14)16(20)21-3/h5-8,12H,4,9-11H2,1-3H3/t12-/m0/s1. The van der Waals surface area contributed by atoms with E-state index in [1.807, 2.05) is 24.0 Å². The average molecular weight is 290 g/mol. The molecule has 1 fully saturated rings. The van der Waals surface area contributed by atoms with Crippen LogP contribution in [0.5, 0.6) is 0 Å². The number of hydrogen-bond acceptors (Lipinski definition) is 4. The number of benzene rings is 1. The molecule has 0 aromatic heterocycles. The molecule has 1 aliphatic rings. The molecule has 1 heterocycles. The van der Waals surface area contributed by atoms with Crippen LogP contribution < -0.4 is 4.90 Å². The van der Waals surface area contributed by atoms with Crippen molar-refractivity contribution in [2.75, 3.05) is 31.6 Å². The van der Waals surface area contributed by atoms with Crippen LogP contribution in [0.4, 0.5) is 5.69 Å².